The Kier molecular flexibility index (Phi) is 6.88. The van der Waals surface area contributed by atoms with E-state index in [1.807, 2.05) is 0 Å². The molecular formula is C54H38O. The van der Waals surface area contributed by atoms with Crippen molar-refractivity contribution in [2.24, 2.45) is 0 Å². The number of benzene rings is 10. The van der Waals surface area contributed by atoms with Crippen LogP contribution in [0.5, 0.6) is 0 Å². The number of para-hydroxylation sites is 1. The van der Waals surface area contributed by atoms with Crippen LogP contribution in [0.1, 0.15) is 26.3 Å². The molecule has 10 aromatic carbocycles. The van der Waals surface area contributed by atoms with Gasteiger partial charge in [-0.15, -0.1) is 0 Å². The number of hydrogen-bond acceptors (Lipinski definition) is 1. The van der Waals surface area contributed by atoms with Crippen LogP contribution in [0.2, 0.25) is 0 Å². The highest BCUT2D eigenvalue weighted by molar-refractivity contribution is 6.29. The van der Waals surface area contributed by atoms with Crippen molar-refractivity contribution in [1.29, 1.82) is 0 Å². The summed E-state index contributed by atoms with van der Waals surface area (Å²) in [7, 11) is 0. The maximum Gasteiger partial charge on any atom is 0.143 e. The lowest BCUT2D eigenvalue weighted by molar-refractivity contribution is 0.591. The van der Waals surface area contributed by atoms with Gasteiger partial charge in [0.05, 0.1) is 0 Å². The highest BCUT2D eigenvalue weighted by atomic mass is 16.3. The molecule has 11 rings (SSSR count). The molecule has 0 amide bonds. The SMILES string of the molecule is CC(C)(C)c1ccc2c(ccc3oc4c(-c5c6ccccc6c(-c6c7ccccc7cc7cc(-c8ccccc8)ccc67)c6ccccc56)cccc4c32)c1. The second-order valence-corrected chi connectivity index (χ2v) is 16.0. The molecule has 0 N–H and O–H groups in total. The van der Waals surface area contributed by atoms with Gasteiger partial charge in [-0.25, -0.2) is 0 Å². The summed E-state index contributed by atoms with van der Waals surface area (Å²) in [5.74, 6) is 0. The number of hydrogen-bond donors (Lipinski definition) is 0. The Bertz CT molecular complexity index is 3280. The molecule has 0 saturated carbocycles. The predicted molar refractivity (Wildman–Crippen MR) is 236 cm³/mol. The molecule has 0 aliphatic rings. The Morgan fingerprint density at radius 3 is 1.67 bits per heavy atom. The molecule has 0 saturated heterocycles. The Morgan fingerprint density at radius 1 is 0.364 bits per heavy atom. The lowest BCUT2D eigenvalue weighted by Crippen LogP contribution is -2.10. The first-order valence-electron chi connectivity index (χ1n) is 19.3. The Hall–Kier alpha value is -6.70. The van der Waals surface area contributed by atoms with Gasteiger partial charge in [-0.1, -0.05) is 178 Å². The molecule has 11 aromatic rings. The van der Waals surface area contributed by atoms with Crippen molar-refractivity contribution in [1.82, 2.24) is 0 Å². The summed E-state index contributed by atoms with van der Waals surface area (Å²) in [6.07, 6.45) is 0. The normalized spacial score (nSPS) is 12.3. The topological polar surface area (TPSA) is 13.1 Å². The van der Waals surface area contributed by atoms with E-state index < -0.39 is 0 Å². The molecule has 1 heterocycles. The minimum Gasteiger partial charge on any atom is -0.455 e. The molecule has 0 atom stereocenters. The molecule has 55 heavy (non-hydrogen) atoms. The molecule has 0 fully saturated rings. The van der Waals surface area contributed by atoms with Crippen LogP contribution in [0, 0.1) is 0 Å². The largest absolute Gasteiger partial charge is 0.455 e. The van der Waals surface area contributed by atoms with Gasteiger partial charge in [0.2, 0.25) is 0 Å². The summed E-state index contributed by atoms with van der Waals surface area (Å²) in [6, 6.07) is 64.8. The van der Waals surface area contributed by atoms with Crippen molar-refractivity contribution in [2.75, 3.05) is 0 Å². The molecule has 0 aliphatic carbocycles. The van der Waals surface area contributed by atoms with Crippen molar-refractivity contribution >= 4 is 75.8 Å². The standard InChI is InChI=1S/C54H38O/c1-54(2,3)38-26-28-40-36(32-38)25-29-48-50(40)47-23-13-22-46(53(47)55-48)49-42-18-9-11-20-44(42)52(45-21-12-10-19-43(45)49)51-39-17-8-7-16-35(39)31-37-30-34(24-27-41(37)51)33-14-5-4-6-15-33/h4-32H,1-3H3. The summed E-state index contributed by atoms with van der Waals surface area (Å²) < 4.78 is 6.92. The van der Waals surface area contributed by atoms with E-state index in [4.69, 9.17) is 4.42 Å². The van der Waals surface area contributed by atoms with E-state index >= 15 is 0 Å². The minimum atomic E-state index is 0.0759. The zero-order chi connectivity index (χ0) is 36.8. The number of furan rings is 1. The zero-order valence-electron chi connectivity index (χ0n) is 31.2. The van der Waals surface area contributed by atoms with Crippen molar-refractivity contribution in [3.8, 4) is 33.4 Å². The maximum atomic E-state index is 6.92. The Labute approximate surface area is 320 Å². The van der Waals surface area contributed by atoms with Gasteiger partial charge < -0.3 is 4.42 Å². The maximum absolute atomic E-state index is 6.92. The lowest BCUT2D eigenvalue weighted by Gasteiger charge is -2.20. The fourth-order valence-electron chi connectivity index (χ4n) is 9.13. The lowest BCUT2D eigenvalue weighted by atomic mass is 9.82. The summed E-state index contributed by atoms with van der Waals surface area (Å²) >= 11 is 0. The van der Waals surface area contributed by atoms with Crippen LogP contribution < -0.4 is 0 Å². The van der Waals surface area contributed by atoms with Crippen LogP contribution in [-0.2, 0) is 5.41 Å². The molecule has 1 nitrogen and oxygen atoms in total. The summed E-state index contributed by atoms with van der Waals surface area (Å²) in [5, 5.41) is 14.7. The quantitative estimate of drug-likeness (QED) is 0.167. The van der Waals surface area contributed by atoms with Gasteiger partial charge in [0.15, 0.2) is 0 Å². The van der Waals surface area contributed by atoms with Crippen LogP contribution >= 0.6 is 0 Å². The fraction of sp³-hybridized carbons (Fsp3) is 0.0741. The summed E-state index contributed by atoms with van der Waals surface area (Å²) in [4.78, 5) is 0. The van der Waals surface area contributed by atoms with Gasteiger partial charge in [-0.05, 0) is 105 Å². The average Bonchev–Trinajstić information content (AvgIpc) is 3.61. The first-order chi connectivity index (χ1) is 26.9. The average molecular weight is 703 g/mol. The van der Waals surface area contributed by atoms with Gasteiger partial charge in [-0.2, -0.15) is 0 Å². The van der Waals surface area contributed by atoms with Gasteiger partial charge in [0.1, 0.15) is 11.2 Å². The Balaban J connectivity index is 1.23. The van der Waals surface area contributed by atoms with Crippen LogP contribution in [0.3, 0.4) is 0 Å². The van der Waals surface area contributed by atoms with Crippen LogP contribution in [0.4, 0.5) is 0 Å². The number of rotatable bonds is 3. The van der Waals surface area contributed by atoms with E-state index in [2.05, 4.69) is 197 Å². The molecule has 0 spiro atoms. The van der Waals surface area contributed by atoms with Crippen molar-refractivity contribution in [3.63, 3.8) is 0 Å². The second kappa shape index (κ2) is 11.9. The summed E-state index contributed by atoms with van der Waals surface area (Å²) in [5.41, 5.74) is 10.6. The predicted octanol–water partition coefficient (Wildman–Crippen LogP) is 15.7. The highest BCUT2D eigenvalue weighted by Gasteiger charge is 2.23. The number of fused-ring (bicyclic) bond motifs is 9. The molecule has 1 aromatic heterocycles. The minimum absolute atomic E-state index is 0.0759. The fourth-order valence-corrected chi connectivity index (χ4v) is 9.13. The highest BCUT2D eigenvalue weighted by Crippen LogP contribution is 2.50. The van der Waals surface area contributed by atoms with E-state index in [1.165, 1.54) is 92.6 Å². The Morgan fingerprint density at radius 2 is 0.945 bits per heavy atom. The third-order valence-electron chi connectivity index (χ3n) is 11.8. The van der Waals surface area contributed by atoms with Crippen LogP contribution in [-0.4, -0.2) is 0 Å². The van der Waals surface area contributed by atoms with Crippen LogP contribution in [0.15, 0.2) is 180 Å². The molecule has 0 radical (unpaired) electrons. The van der Waals surface area contributed by atoms with E-state index in [9.17, 15) is 0 Å². The van der Waals surface area contributed by atoms with Crippen molar-refractivity contribution < 1.29 is 4.42 Å². The van der Waals surface area contributed by atoms with E-state index in [-0.39, 0.29) is 5.41 Å². The third-order valence-corrected chi connectivity index (χ3v) is 11.8. The first kappa shape index (κ1) is 31.8. The smallest absolute Gasteiger partial charge is 0.143 e. The first-order valence-corrected chi connectivity index (χ1v) is 19.3. The van der Waals surface area contributed by atoms with E-state index in [1.54, 1.807) is 0 Å². The van der Waals surface area contributed by atoms with Crippen molar-refractivity contribution in [2.45, 2.75) is 26.2 Å². The van der Waals surface area contributed by atoms with Crippen molar-refractivity contribution in [3.05, 3.63) is 181 Å². The van der Waals surface area contributed by atoms with Gasteiger partial charge in [0.25, 0.3) is 0 Å². The van der Waals surface area contributed by atoms with Gasteiger partial charge >= 0.3 is 0 Å². The molecule has 260 valence electrons. The molecule has 0 bridgehead atoms. The van der Waals surface area contributed by atoms with Gasteiger partial charge in [-0.3, -0.25) is 0 Å². The zero-order valence-corrected chi connectivity index (χ0v) is 31.2. The molecular weight excluding hydrogens is 665 g/mol. The van der Waals surface area contributed by atoms with Crippen LogP contribution in [0.25, 0.3) is 109 Å². The van der Waals surface area contributed by atoms with Gasteiger partial charge in [0, 0.05) is 21.9 Å². The molecule has 0 aliphatic heterocycles. The third kappa shape index (κ3) is 4.86. The summed E-state index contributed by atoms with van der Waals surface area (Å²) in [6.45, 7) is 6.82. The molecule has 1 heteroatoms. The monoisotopic (exact) mass is 702 g/mol. The van der Waals surface area contributed by atoms with E-state index in [0.29, 0.717) is 0 Å². The molecule has 0 unspecified atom stereocenters. The van der Waals surface area contributed by atoms with E-state index in [0.717, 1.165) is 22.1 Å². The second-order valence-electron chi connectivity index (χ2n) is 16.0.